The van der Waals surface area contributed by atoms with Crippen LogP contribution >= 0.6 is 11.3 Å². The summed E-state index contributed by atoms with van der Waals surface area (Å²) in [5.41, 5.74) is 0.735. The van der Waals surface area contributed by atoms with E-state index in [0.29, 0.717) is 0 Å². The molecule has 4 heteroatoms. The first-order chi connectivity index (χ1) is 7.11. The molecule has 0 radical (unpaired) electrons. The van der Waals surface area contributed by atoms with Crippen LogP contribution in [0.15, 0.2) is 11.4 Å². The number of rotatable bonds is 5. The van der Waals surface area contributed by atoms with Gasteiger partial charge in [0.1, 0.15) is 6.07 Å². The van der Waals surface area contributed by atoms with Crippen LogP contribution in [-0.2, 0) is 6.54 Å². The second kappa shape index (κ2) is 5.86. The van der Waals surface area contributed by atoms with Gasteiger partial charge in [0.25, 0.3) is 0 Å². The molecule has 82 valence electrons. The summed E-state index contributed by atoms with van der Waals surface area (Å²) in [6.45, 7) is 3.52. The lowest BCUT2D eigenvalue weighted by Crippen LogP contribution is -2.21. The Morgan fingerprint density at radius 3 is 2.93 bits per heavy atom. The summed E-state index contributed by atoms with van der Waals surface area (Å²) < 4.78 is 0. The van der Waals surface area contributed by atoms with Crippen molar-refractivity contribution < 1.29 is 5.11 Å². The fraction of sp³-hybridized carbons (Fsp3) is 0.545. The van der Waals surface area contributed by atoms with Gasteiger partial charge in [0.15, 0.2) is 0 Å². The minimum Gasteiger partial charge on any atom is -0.393 e. The molecule has 0 saturated carbocycles. The quantitative estimate of drug-likeness (QED) is 0.830. The molecular weight excluding hydrogens is 208 g/mol. The zero-order valence-electron chi connectivity index (χ0n) is 9.10. The van der Waals surface area contributed by atoms with Gasteiger partial charge >= 0.3 is 0 Å². The van der Waals surface area contributed by atoms with Crippen LogP contribution in [0.4, 0.5) is 0 Å². The highest BCUT2D eigenvalue weighted by Crippen LogP contribution is 2.15. The maximum atomic E-state index is 9.14. The van der Waals surface area contributed by atoms with E-state index in [0.717, 1.165) is 25.1 Å². The largest absolute Gasteiger partial charge is 0.393 e. The van der Waals surface area contributed by atoms with Gasteiger partial charge in [-0.05, 0) is 26.5 Å². The van der Waals surface area contributed by atoms with Gasteiger partial charge in [0, 0.05) is 23.3 Å². The van der Waals surface area contributed by atoms with Crippen LogP contribution in [0.5, 0.6) is 0 Å². The molecule has 0 aliphatic carbocycles. The average Bonchev–Trinajstić information content (AvgIpc) is 2.62. The SMILES string of the molecule is CC(O)CCN(C)Cc1cc(C#N)cs1. The summed E-state index contributed by atoms with van der Waals surface area (Å²) in [6, 6.07) is 4.04. The molecule has 0 amide bonds. The Morgan fingerprint density at radius 1 is 1.67 bits per heavy atom. The van der Waals surface area contributed by atoms with E-state index in [1.54, 1.807) is 18.3 Å². The Kier molecular flexibility index (Phi) is 4.76. The smallest absolute Gasteiger partial charge is 0.100 e. The molecule has 0 bridgehead atoms. The first-order valence-electron chi connectivity index (χ1n) is 4.96. The van der Waals surface area contributed by atoms with E-state index in [2.05, 4.69) is 11.0 Å². The summed E-state index contributed by atoms with van der Waals surface area (Å²) >= 11 is 1.61. The molecular formula is C11H16N2OS. The van der Waals surface area contributed by atoms with Crippen molar-refractivity contribution in [3.8, 4) is 6.07 Å². The molecule has 3 nitrogen and oxygen atoms in total. The van der Waals surface area contributed by atoms with E-state index >= 15 is 0 Å². The van der Waals surface area contributed by atoms with Crippen molar-refractivity contribution in [1.29, 1.82) is 5.26 Å². The molecule has 1 aromatic heterocycles. The van der Waals surface area contributed by atoms with Gasteiger partial charge in [0.05, 0.1) is 11.7 Å². The van der Waals surface area contributed by atoms with Gasteiger partial charge in [-0.15, -0.1) is 11.3 Å². The van der Waals surface area contributed by atoms with Gasteiger partial charge < -0.3 is 10.0 Å². The van der Waals surface area contributed by atoms with Gasteiger partial charge in [0.2, 0.25) is 0 Å². The molecule has 1 N–H and O–H groups in total. The van der Waals surface area contributed by atoms with Gasteiger partial charge in [-0.2, -0.15) is 5.26 Å². The molecule has 1 rings (SSSR count). The molecule has 0 aromatic carbocycles. The number of thiophene rings is 1. The van der Waals surface area contributed by atoms with Gasteiger partial charge in [-0.3, -0.25) is 0 Å². The highest BCUT2D eigenvalue weighted by atomic mass is 32.1. The van der Waals surface area contributed by atoms with E-state index in [1.165, 1.54) is 4.88 Å². The maximum Gasteiger partial charge on any atom is 0.100 e. The topological polar surface area (TPSA) is 47.3 Å². The Labute approximate surface area is 94.6 Å². The minimum absolute atomic E-state index is 0.245. The zero-order valence-corrected chi connectivity index (χ0v) is 9.92. The van der Waals surface area contributed by atoms with Gasteiger partial charge in [-0.25, -0.2) is 0 Å². The predicted octanol–water partition coefficient (Wildman–Crippen LogP) is 1.82. The van der Waals surface area contributed by atoms with E-state index in [9.17, 15) is 0 Å². The van der Waals surface area contributed by atoms with Crippen molar-refractivity contribution in [3.05, 3.63) is 21.9 Å². The summed E-state index contributed by atoms with van der Waals surface area (Å²) in [5, 5.41) is 19.7. The number of hydrogen-bond acceptors (Lipinski definition) is 4. The second-order valence-corrected chi connectivity index (χ2v) is 4.78. The monoisotopic (exact) mass is 224 g/mol. The highest BCUT2D eigenvalue weighted by Gasteiger charge is 2.04. The summed E-state index contributed by atoms with van der Waals surface area (Å²) in [7, 11) is 2.02. The van der Waals surface area contributed by atoms with Crippen molar-refractivity contribution in [1.82, 2.24) is 4.90 Å². The third-order valence-corrected chi connectivity index (χ3v) is 3.06. The van der Waals surface area contributed by atoms with E-state index < -0.39 is 0 Å². The average molecular weight is 224 g/mol. The molecule has 0 aliphatic rings. The second-order valence-electron chi connectivity index (χ2n) is 3.79. The van der Waals surface area contributed by atoms with Crippen molar-refractivity contribution in [2.75, 3.05) is 13.6 Å². The molecule has 0 fully saturated rings. The lowest BCUT2D eigenvalue weighted by molar-refractivity contribution is 0.163. The Hall–Kier alpha value is -0.890. The molecule has 0 spiro atoms. The van der Waals surface area contributed by atoms with Crippen molar-refractivity contribution in [3.63, 3.8) is 0 Å². The lowest BCUT2D eigenvalue weighted by Gasteiger charge is -2.16. The molecule has 1 atom stereocenters. The summed E-state index contributed by atoms with van der Waals surface area (Å²) in [4.78, 5) is 3.35. The molecule has 15 heavy (non-hydrogen) atoms. The normalized spacial score (nSPS) is 12.7. The molecule has 1 aromatic rings. The molecule has 0 saturated heterocycles. The zero-order chi connectivity index (χ0) is 11.3. The number of nitriles is 1. The first kappa shape index (κ1) is 12.2. The number of aliphatic hydroxyl groups excluding tert-OH is 1. The summed E-state index contributed by atoms with van der Waals surface area (Å²) in [6.07, 6.45) is 0.540. The van der Waals surface area contributed by atoms with E-state index in [4.69, 9.17) is 10.4 Å². The van der Waals surface area contributed by atoms with Crippen molar-refractivity contribution in [2.45, 2.75) is 26.0 Å². The number of aliphatic hydroxyl groups is 1. The third-order valence-electron chi connectivity index (χ3n) is 2.14. The van der Waals surface area contributed by atoms with Crippen LogP contribution in [-0.4, -0.2) is 29.7 Å². The van der Waals surface area contributed by atoms with Crippen LogP contribution in [0.2, 0.25) is 0 Å². The standard InChI is InChI=1S/C11H16N2OS/c1-9(14)3-4-13(2)7-11-5-10(6-12)8-15-11/h5,8-9,14H,3-4,7H2,1-2H3. The van der Waals surface area contributed by atoms with Crippen LogP contribution in [0.3, 0.4) is 0 Å². The fourth-order valence-electron chi connectivity index (χ4n) is 1.27. The summed E-state index contributed by atoms with van der Waals surface area (Å²) in [5.74, 6) is 0. The van der Waals surface area contributed by atoms with E-state index in [-0.39, 0.29) is 6.10 Å². The van der Waals surface area contributed by atoms with Crippen LogP contribution in [0.25, 0.3) is 0 Å². The first-order valence-corrected chi connectivity index (χ1v) is 5.84. The molecule has 0 aliphatic heterocycles. The third kappa shape index (κ3) is 4.43. The van der Waals surface area contributed by atoms with E-state index in [1.807, 2.05) is 18.5 Å². The van der Waals surface area contributed by atoms with Crippen molar-refractivity contribution in [2.24, 2.45) is 0 Å². The van der Waals surface area contributed by atoms with Crippen molar-refractivity contribution >= 4 is 11.3 Å². The molecule has 1 heterocycles. The molecule has 1 unspecified atom stereocenters. The number of hydrogen-bond donors (Lipinski definition) is 1. The van der Waals surface area contributed by atoms with Crippen LogP contribution in [0.1, 0.15) is 23.8 Å². The Balaban J connectivity index is 2.38. The maximum absolute atomic E-state index is 9.14. The van der Waals surface area contributed by atoms with Crippen LogP contribution < -0.4 is 0 Å². The Morgan fingerprint density at radius 2 is 2.40 bits per heavy atom. The highest BCUT2D eigenvalue weighted by molar-refractivity contribution is 7.10. The minimum atomic E-state index is -0.245. The fourth-order valence-corrected chi connectivity index (χ4v) is 2.16. The number of nitrogens with zero attached hydrogens (tertiary/aromatic N) is 2. The van der Waals surface area contributed by atoms with Crippen LogP contribution in [0, 0.1) is 11.3 Å². The predicted molar refractivity (Wildman–Crippen MR) is 61.7 cm³/mol. The Bertz CT molecular complexity index is 341. The lowest BCUT2D eigenvalue weighted by atomic mass is 10.2. The van der Waals surface area contributed by atoms with Gasteiger partial charge in [-0.1, -0.05) is 0 Å².